The third-order valence-corrected chi connectivity index (χ3v) is 5.00. The Morgan fingerprint density at radius 2 is 2.04 bits per heavy atom. The quantitative estimate of drug-likeness (QED) is 0.203. The summed E-state index contributed by atoms with van der Waals surface area (Å²) in [4.78, 5) is 4.56. The predicted octanol–water partition coefficient (Wildman–Crippen LogP) is 5.96. The Hall–Kier alpha value is -1.28. The van der Waals surface area contributed by atoms with Crippen LogP contribution in [0.3, 0.4) is 0 Å². The van der Waals surface area contributed by atoms with E-state index in [9.17, 15) is 17.6 Å². The van der Waals surface area contributed by atoms with E-state index in [1.165, 1.54) is 23.1 Å². The van der Waals surface area contributed by atoms with Crippen LogP contribution in [0.5, 0.6) is 0 Å². The summed E-state index contributed by atoms with van der Waals surface area (Å²) >= 11 is 2.92. The number of alkyl halides is 3. The number of halogens is 4. The van der Waals surface area contributed by atoms with Gasteiger partial charge < -0.3 is 4.74 Å². The first kappa shape index (κ1) is 19.8. The minimum Gasteiger partial charge on any atom is -0.480 e. The summed E-state index contributed by atoms with van der Waals surface area (Å²) in [6.45, 7) is 3.11. The number of ether oxygens (including phenoxy) is 1. The first-order valence-corrected chi connectivity index (χ1v) is 8.69. The minimum absolute atomic E-state index is 0.132. The number of thioether (sulfide) groups is 1. The number of methoxy groups -OCH3 is 1. The van der Waals surface area contributed by atoms with Crippen molar-refractivity contribution in [3.05, 3.63) is 40.4 Å². The third-order valence-electron chi connectivity index (χ3n) is 2.72. The topological polar surface area (TPSA) is 21.6 Å². The molecule has 1 aromatic heterocycles. The molecule has 0 saturated carbocycles. The van der Waals surface area contributed by atoms with Crippen LogP contribution in [-0.2, 0) is 4.74 Å². The molecule has 0 unspecified atom stereocenters. The number of aliphatic imine (C=N–C) groups is 1. The molecule has 0 saturated heterocycles. The molecule has 1 rings (SSSR count). The van der Waals surface area contributed by atoms with Gasteiger partial charge in [0, 0.05) is 4.88 Å². The fourth-order valence-electron chi connectivity index (χ4n) is 1.68. The summed E-state index contributed by atoms with van der Waals surface area (Å²) in [7, 11) is 1.04. The van der Waals surface area contributed by atoms with Gasteiger partial charge in [0.2, 0.25) is 5.88 Å². The Morgan fingerprint density at radius 3 is 2.48 bits per heavy atom. The zero-order valence-electron chi connectivity index (χ0n) is 13.1. The summed E-state index contributed by atoms with van der Waals surface area (Å²) in [6, 6.07) is 3.61. The first-order chi connectivity index (χ1) is 10.7. The second kappa shape index (κ2) is 8.54. The monoisotopic (exact) mass is 367 g/mol. The molecule has 1 heterocycles. The van der Waals surface area contributed by atoms with Crippen molar-refractivity contribution in [3.63, 3.8) is 0 Å². The number of hydrogen-bond donors (Lipinski definition) is 0. The van der Waals surface area contributed by atoms with E-state index in [1.54, 1.807) is 19.9 Å². The maximum absolute atomic E-state index is 13.8. The molecule has 2 nitrogen and oxygen atoms in total. The van der Waals surface area contributed by atoms with Crippen molar-refractivity contribution in [2.45, 2.75) is 30.7 Å². The van der Waals surface area contributed by atoms with E-state index in [0.29, 0.717) is 10.6 Å². The van der Waals surface area contributed by atoms with Gasteiger partial charge in [0.05, 0.1) is 17.0 Å². The fourth-order valence-corrected chi connectivity index (χ4v) is 3.16. The van der Waals surface area contributed by atoms with Crippen molar-refractivity contribution in [2.24, 2.45) is 4.99 Å². The van der Waals surface area contributed by atoms with Crippen molar-refractivity contribution in [2.75, 3.05) is 13.4 Å². The lowest BCUT2D eigenvalue weighted by atomic mass is 10.2. The van der Waals surface area contributed by atoms with Gasteiger partial charge in [-0.2, -0.15) is 13.2 Å². The zero-order chi connectivity index (χ0) is 17.6. The predicted molar refractivity (Wildman–Crippen MR) is 87.9 cm³/mol. The van der Waals surface area contributed by atoms with E-state index < -0.39 is 23.5 Å². The van der Waals surface area contributed by atoms with Gasteiger partial charge in [-0.05, 0) is 37.8 Å². The van der Waals surface area contributed by atoms with Crippen LogP contribution in [0.15, 0.2) is 44.7 Å². The highest BCUT2D eigenvalue weighted by Crippen LogP contribution is 2.36. The molecule has 128 valence electrons. The van der Waals surface area contributed by atoms with Crippen molar-refractivity contribution in [1.29, 1.82) is 0 Å². The Bertz CT molecular complexity index is 630. The van der Waals surface area contributed by atoms with Crippen molar-refractivity contribution < 1.29 is 22.3 Å². The first-order valence-electron chi connectivity index (χ1n) is 6.65. The van der Waals surface area contributed by atoms with Crippen LogP contribution in [-0.4, -0.2) is 25.3 Å². The highest BCUT2D eigenvalue weighted by Gasteiger charge is 2.40. The van der Waals surface area contributed by atoms with Crippen LogP contribution < -0.4 is 0 Å². The summed E-state index contributed by atoms with van der Waals surface area (Å²) in [5.41, 5.74) is -1.17. The molecular formula is C15H17F4NOS2. The molecule has 0 aliphatic carbocycles. The molecular weight excluding hydrogens is 350 g/mol. The van der Waals surface area contributed by atoms with Gasteiger partial charge in [-0.25, -0.2) is 9.38 Å². The van der Waals surface area contributed by atoms with Crippen LogP contribution in [0.2, 0.25) is 0 Å². The molecule has 1 aromatic rings. The summed E-state index contributed by atoms with van der Waals surface area (Å²) in [6.07, 6.45) is -2.02. The van der Waals surface area contributed by atoms with Crippen molar-refractivity contribution in [3.8, 4) is 0 Å². The van der Waals surface area contributed by atoms with Gasteiger partial charge in [0.25, 0.3) is 0 Å². The Morgan fingerprint density at radius 1 is 1.39 bits per heavy atom. The van der Waals surface area contributed by atoms with Crippen molar-refractivity contribution >= 4 is 28.8 Å². The van der Waals surface area contributed by atoms with Gasteiger partial charge in [0.15, 0.2) is 5.57 Å². The number of hydrogen-bond acceptors (Lipinski definition) is 4. The summed E-state index contributed by atoms with van der Waals surface area (Å²) < 4.78 is 59.0. The highest BCUT2D eigenvalue weighted by atomic mass is 32.2. The van der Waals surface area contributed by atoms with Crippen LogP contribution in [0.1, 0.15) is 25.1 Å². The van der Waals surface area contributed by atoms with E-state index in [0.717, 1.165) is 17.4 Å². The lowest BCUT2D eigenvalue weighted by Gasteiger charge is -2.13. The number of thiophene rings is 1. The standard InChI is InChI=1S/C15H17F4NOS2/c1-5-6-10(16)13(15(17,18)19)14(21-3)20-9(2)11-7-8-12(22-4)23-11/h6-8H,5H2,1-4H3/b10-6-,14-13-,20-9+. The third kappa shape index (κ3) is 5.39. The summed E-state index contributed by atoms with van der Waals surface area (Å²) in [5.74, 6) is -2.17. The van der Waals surface area contributed by atoms with Gasteiger partial charge >= 0.3 is 6.18 Å². The molecule has 0 aromatic carbocycles. The number of rotatable bonds is 6. The minimum atomic E-state index is -4.90. The second-order valence-corrected chi connectivity index (χ2v) is 6.55. The van der Waals surface area contributed by atoms with Crippen molar-refractivity contribution in [1.82, 2.24) is 0 Å². The van der Waals surface area contributed by atoms with Crippen LogP contribution >= 0.6 is 23.1 Å². The molecule has 0 spiro atoms. The maximum Gasteiger partial charge on any atom is 0.424 e. The van der Waals surface area contributed by atoms with Crippen LogP contribution in [0.25, 0.3) is 0 Å². The lowest BCUT2D eigenvalue weighted by Crippen LogP contribution is -2.16. The van der Waals surface area contributed by atoms with E-state index in [4.69, 9.17) is 4.74 Å². The van der Waals surface area contributed by atoms with Gasteiger partial charge in [-0.3, -0.25) is 0 Å². The molecule has 0 fully saturated rings. The Kier molecular flexibility index (Phi) is 7.34. The SMILES string of the molecule is CC/C=C(F)/C(=C(\N=C(/C)c1ccc(SC)s1)OC)C(F)(F)F. The molecule has 0 radical (unpaired) electrons. The van der Waals surface area contributed by atoms with E-state index >= 15 is 0 Å². The number of nitrogens with zero attached hydrogens (tertiary/aromatic N) is 1. The average molecular weight is 367 g/mol. The highest BCUT2D eigenvalue weighted by molar-refractivity contribution is 8.00. The lowest BCUT2D eigenvalue weighted by molar-refractivity contribution is -0.0944. The Balaban J connectivity index is 3.40. The molecule has 0 aliphatic heterocycles. The second-order valence-electron chi connectivity index (χ2n) is 4.36. The van der Waals surface area contributed by atoms with E-state index in [-0.39, 0.29) is 6.42 Å². The van der Waals surface area contributed by atoms with E-state index in [2.05, 4.69) is 4.99 Å². The fraction of sp³-hybridized carbons (Fsp3) is 0.400. The van der Waals surface area contributed by atoms with Gasteiger partial charge in [0.1, 0.15) is 5.83 Å². The summed E-state index contributed by atoms with van der Waals surface area (Å²) in [5, 5.41) is 0. The normalized spacial score (nSPS) is 14.8. The molecule has 8 heteroatoms. The molecule has 0 N–H and O–H groups in total. The van der Waals surface area contributed by atoms with Crippen LogP contribution in [0.4, 0.5) is 17.6 Å². The molecule has 0 bridgehead atoms. The Labute approximate surface area is 141 Å². The number of allylic oxidation sites excluding steroid dienone is 3. The van der Waals surface area contributed by atoms with E-state index in [1.807, 2.05) is 12.3 Å². The molecule has 0 aliphatic rings. The average Bonchev–Trinajstić information content (AvgIpc) is 2.94. The smallest absolute Gasteiger partial charge is 0.424 e. The largest absolute Gasteiger partial charge is 0.480 e. The molecule has 23 heavy (non-hydrogen) atoms. The molecule has 0 amide bonds. The zero-order valence-corrected chi connectivity index (χ0v) is 14.8. The maximum atomic E-state index is 13.8. The molecule has 0 atom stereocenters. The van der Waals surface area contributed by atoms with Gasteiger partial charge in [-0.1, -0.05) is 6.92 Å². The van der Waals surface area contributed by atoms with Gasteiger partial charge in [-0.15, -0.1) is 23.1 Å². The van der Waals surface area contributed by atoms with Crippen LogP contribution in [0, 0.1) is 0 Å².